The van der Waals surface area contributed by atoms with Crippen molar-refractivity contribution in [3.8, 4) is 17.3 Å². The van der Waals surface area contributed by atoms with E-state index in [-0.39, 0.29) is 11.4 Å². The first kappa shape index (κ1) is 16.4. The molecule has 0 amide bonds. The number of rotatable bonds is 6. The molecule has 1 N–H and O–H groups in total. The van der Waals surface area contributed by atoms with Gasteiger partial charge in [-0.2, -0.15) is 4.98 Å². The molecule has 1 aromatic carbocycles. The van der Waals surface area contributed by atoms with Gasteiger partial charge in [0.15, 0.2) is 5.16 Å². The number of nitrogens with zero attached hydrogens (tertiary/aromatic N) is 2. The predicted molar refractivity (Wildman–Crippen MR) is 88.2 cm³/mol. The van der Waals surface area contributed by atoms with Crippen molar-refractivity contribution in [2.24, 2.45) is 5.92 Å². The van der Waals surface area contributed by atoms with Gasteiger partial charge in [-0.3, -0.25) is 9.36 Å². The zero-order valence-corrected chi connectivity index (χ0v) is 13.8. The average Bonchev–Trinajstić information content (AvgIpc) is 2.46. The number of aromatic nitrogens is 2. The molecule has 5 nitrogen and oxygen atoms in total. The molecule has 0 aliphatic rings. The molecular formula is C16H20N2O3S. The van der Waals surface area contributed by atoms with E-state index in [0.29, 0.717) is 29.1 Å². The van der Waals surface area contributed by atoms with Crippen molar-refractivity contribution < 1.29 is 9.84 Å². The predicted octanol–water partition coefficient (Wildman–Crippen LogP) is 3.08. The monoisotopic (exact) mass is 320 g/mol. The van der Waals surface area contributed by atoms with E-state index in [9.17, 15) is 9.90 Å². The molecule has 6 heteroatoms. The van der Waals surface area contributed by atoms with Crippen LogP contribution in [0.4, 0.5) is 0 Å². The maximum Gasteiger partial charge on any atom is 0.262 e. The molecule has 22 heavy (non-hydrogen) atoms. The molecule has 0 atom stereocenters. The minimum absolute atomic E-state index is 0.263. The van der Waals surface area contributed by atoms with E-state index in [1.807, 2.05) is 31.2 Å². The average molecular weight is 320 g/mol. The number of ether oxygens (including phenoxy) is 1. The van der Waals surface area contributed by atoms with Crippen LogP contribution in [0.5, 0.6) is 11.6 Å². The van der Waals surface area contributed by atoms with E-state index in [0.717, 1.165) is 11.8 Å². The van der Waals surface area contributed by atoms with Crippen molar-refractivity contribution in [1.82, 2.24) is 9.55 Å². The van der Waals surface area contributed by atoms with Gasteiger partial charge in [-0.25, -0.2) is 0 Å². The number of thioether (sulfide) groups is 1. The van der Waals surface area contributed by atoms with Gasteiger partial charge >= 0.3 is 0 Å². The first-order valence-corrected chi connectivity index (χ1v) is 8.19. The highest BCUT2D eigenvalue weighted by atomic mass is 32.2. The minimum atomic E-state index is -0.328. The van der Waals surface area contributed by atoms with E-state index in [1.165, 1.54) is 16.3 Å². The van der Waals surface area contributed by atoms with Gasteiger partial charge in [-0.05, 0) is 25.0 Å². The summed E-state index contributed by atoms with van der Waals surface area (Å²) in [5.74, 6) is 1.60. The molecule has 1 aromatic heterocycles. The molecule has 0 fully saturated rings. The van der Waals surface area contributed by atoms with Gasteiger partial charge in [0.2, 0.25) is 5.88 Å². The first-order chi connectivity index (χ1) is 10.5. The Hall–Kier alpha value is -1.95. The standard InChI is InChI=1S/C16H20N2O3S/c1-4-21-13-8-6-5-7-12(13)18-15(20)9-14(19)17-16(18)22-10-11(2)3/h5-9,11,19H,4,10H2,1-3H3. The van der Waals surface area contributed by atoms with Crippen LogP contribution in [-0.2, 0) is 0 Å². The zero-order chi connectivity index (χ0) is 16.1. The van der Waals surface area contributed by atoms with Gasteiger partial charge in [0.25, 0.3) is 5.56 Å². The van der Waals surface area contributed by atoms with Crippen LogP contribution in [0.2, 0.25) is 0 Å². The number of para-hydroxylation sites is 2. The smallest absolute Gasteiger partial charge is 0.262 e. The largest absolute Gasteiger partial charge is 0.493 e. The number of aromatic hydroxyl groups is 1. The molecule has 0 aliphatic carbocycles. The van der Waals surface area contributed by atoms with Gasteiger partial charge in [-0.15, -0.1) is 0 Å². The maximum absolute atomic E-state index is 12.4. The fourth-order valence-corrected chi connectivity index (χ4v) is 2.89. The molecule has 0 unspecified atom stereocenters. The summed E-state index contributed by atoms with van der Waals surface area (Å²) >= 11 is 1.44. The van der Waals surface area contributed by atoms with Gasteiger partial charge in [0.05, 0.1) is 18.4 Å². The van der Waals surface area contributed by atoms with Crippen molar-refractivity contribution in [3.05, 3.63) is 40.7 Å². The summed E-state index contributed by atoms with van der Waals surface area (Å²) in [5, 5.41) is 10.1. The fourth-order valence-electron chi connectivity index (χ4n) is 1.93. The van der Waals surface area contributed by atoms with E-state index >= 15 is 0 Å². The number of benzene rings is 1. The summed E-state index contributed by atoms with van der Waals surface area (Å²) in [7, 11) is 0. The molecule has 2 aromatic rings. The van der Waals surface area contributed by atoms with Gasteiger partial charge in [0, 0.05) is 5.75 Å². The van der Waals surface area contributed by atoms with Crippen LogP contribution in [0.25, 0.3) is 5.69 Å². The van der Waals surface area contributed by atoms with Crippen LogP contribution in [0.3, 0.4) is 0 Å². The van der Waals surface area contributed by atoms with Crippen molar-refractivity contribution in [3.63, 3.8) is 0 Å². The summed E-state index contributed by atoms with van der Waals surface area (Å²) in [6.45, 7) is 6.58. The molecule has 0 aliphatic heterocycles. The van der Waals surface area contributed by atoms with E-state index in [2.05, 4.69) is 18.8 Å². The quantitative estimate of drug-likeness (QED) is 0.654. The molecule has 0 radical (unpaired) electrons. The van der Waals surface area contributed by atoms with Crippen LogP contribution in [0, 0.1) is 5.92 Å². The molecule has 0 saturated heterocycles. The van der Waals surface area contributed by atoms with Crippen LogP contribution >= 0.6 is 11.8 Å². The summed E-state index contributed by atoms with van der Waals surface area (Å²) in [5.41, 5.74) is 0.305. The molecule has 1 heterocycles. The Morgan fingerprint density at radius 2 is 2.09 bits per heavy atom. The van der Waals surface area contributed by atoms with Gasteiger partial charge in [-0.1, -0.05) is 37.7 Å². The van der Waals surface area contributed by atoms with Crippen LogP contribution in [-0.4, -0.2) is 27.0 Å². The lowest BCUT2D eigenvalue weighted by atomic mass is 10.3. The van der Waals surface area contributed by atoms with Crippen molar-refractivity contribution in [1.29, 1.82) is 0 Å². The second-order valence-corrected chi connectivity index (χ2v) is 6.16. The van der Waals surface area contributed by atoms with Gasteiger partial charge in [0.1, 0.15) is 5.75 Å². The third-order valence-corrected chi connectivity index (χ3v) is 4.19. The lowest BCUT2D eigenvalue weighted by Gasteiger charge is -2.15. The second-order valence-electron chi connectivity index (χ2n) is 5.18. The van der Waals surface area contributed by atoms with Crippen LogP contribution < -0.4 is 10.3 Å². The van der Waals surface area contributed by atoms with Crippen molar-refractivity contribution in [2.45, 2.75) is 25.9 Å². The fraction of sp³-hybridized carbons (Fsp3) is 0.375. The molecular weight excluding hydrogens is 300 g/mol. The van der Waals surface area contributed by atoms with Crippen molar-refractivity contribution >= 4 is 11.8 Å². The van der Waals surface area contributed by atoms with Crippen LogP contribution in [0.15, 0.2) is 40.3 Å². The lowest BCUT2D eigenvalue weighted by molar-refractivity contribution is 0.338. The SMILES string of the molecule is CCOc1ccccc1-n1c(SCC(C)C)nc(O)cc1=O. The Labute approximate surface area is 134 Å². The summed E-state index contributed by atoms with van der Waals surface area (Å²) in [6, 6.07) is 8.43. The van der Waals surface area contributed by atoms with Gasteiger partial charge < -0.3 is 9.84 Å². The van der Waals surface area contributed by atoms with E-state index in [1.54, 1.807) is 0 Å². The van der Waals surface area contributed by atoms with E-state index in [4.69, 9.17) is 4.74 Å². The Kier molecular flexibility index (Phi) is 5.49. The summed E-state index contributed by atoms with van der Waals surface area (Å²) in [6.07, 6.45) is 0. The Bertz CT molecular complexity index is 698. The lowest BCUT2D eigenvalue weighted by Crippen LogP contribution is -2.21. The maximum atomic E-state index is 12.4. The van der Waals surface area contributed by atoms with Crippen LogP contribution in [0.1, 0.15) is 20.8 Å². The molecule has 0 saturated carbocycles. The Morgan fingerprint density at radius 1 is 1.36 bits per heavy atom. The third kappa shape index (κ3) is 3.82. The highest BCUT2D eigenvalue weighted by molar-refractivity contribution is 7.99. The van der Waals surface area contributed by atoms with E-state index < -0.39 is 0 Å². The normalized spacial score (nSPS) is 10.9. The molecule has 0 bridgehead atoms. The summed E-state index contributed by atoms with van der Waals surface area (Å²) in [4.78, 5) is 16.5. The molecule has 118 valence electrons. The third-order valence-electron chi connectivity index (χ3n) is 2.83. The Balaban J connectivity index is 2.56. The summed E-state index contributed by atoms with van der Waals surface area (Å²) < 4.78 is 7.08. The molecule has 2 rings (SSSR count). The minimum Gasteiger partial charge on any atom is -0.493 e. The first-order valence-electron chi connectivity index (χ1n) is 7.21. The highest BCUT2D eigenvalue weighted by Crippen LogP contribution is 2.27. The van der Waals surface area contributed by atoms with Crippen molar-refractivity contribution in [2.75, 3.05) is 12.4 Å². The highest BCUT2D eigenvalue weighted by Gasteiger charge is 2.15. The second kappa shape index (κ2) is 7.35. The Morgan fingerprint density at radius 3 is 2.77 bits per heavy atom. The zero-order valence-electron chi connectivity index (χ0n) is 12.9. The number of hydrogen-bond donors (Lipinski definition) is 1. The topological polar surface area (TPSA) is 64.3 Å². The molecule has 0 spiro atoms. The number of hydrogen-bond acceptors (Lipinski definition) is 5.